The van der Waals surface area contributed by atoms with Crippen LogP contribution in [0.5, 0.6) is 11.5 Å². The zero-order valence-electron chi connectivity index (χ0n) is 16.0. The third kappa shape index (κ3) is 6.64. The Bertz CT molecular complexity index is 575. The summed E-state index contributed by atoms with van der Waals surface area (Å²) >= 11 is 0. The van der Waals surface area contributed by atoms with Crippen molar-refractivity contribution in [1.29, 1.82) is 0 Å². The summed E-state index contributed by atoms with van der Waals surface area (Å²) in [6, 6.07) is 5.68. The van der Waals surface area contributed by atoms with Crippen LogP contribution in [0.4, 0.5) is 0 Å². The van der Waals surface area contributed by atoms with E-state index in [4.69, 9.17) is 9.47 Å². The van der Waals surface area contributed by atoms with Crippen molar-refractivity contribution in [3.8, 4) is 11.5 Å². The molecule has 0 aliphatic carbocycles. The average molecular weight is 350 g/mol. The van der Waals surface area contributed by atoms with Crippen LogP contribution in [-0.2, 0) is 16.0 Å². The van der Waals surface area contributed by atoms with Gasteiger partial charge in [-0.1, -0.05) is 19.4 Å². The molecule has 6 nitrogen and oxygen atoms in total. The highest BCUT2D eigenvalue weighted by Gasteiger charge is 2.16. The maximum absolute atomic E-state index is 12.3. The lowest BCUT2D eigenvalue weighted by atomic mass is 10.1. The first-order chi connectivity index (χ1) is 11.9. The van der Waals surface area contributed by atoms with Crippen LogP contribution in [0.2, 0.25) is 0 Å². The van der Waals surface area contributed by atoms with Gasteiger partial charge in [0.05, 0.1) is 20.8 Å². The summed E-state index contributed by atoms with van der Waals surface area (Å²) in [5, 5.41) is 0. The van der Waals surface area contributed by atoms with E-state index >= 15 is 0 Å². The van der Waals surface area contributed by atoms with Gasteiger partial charge in [-0.2, -0.15) is 0 Å². The van der Waals surface area contributed by atoms with Crippen LogP contribution in [0.3, 0.4) is 0 Å². The first-order valence-corrected chi connectivity index (χ1v) is 8.63. The topological polar surface area (TPSA) is 59.1 Å². The Labute approximate surface area is 150 Å². The van der Waals surface area contributed by atoms with Gasteiger partial charge in [0.2, 0.25) is 11.8 Å². The predicted molar refractivity (Wildman–Crippen MR) is 98.0 cm³/mol. The van der Waals surface area contributed by atoms with Crippen molar-refractivity contribution in [2.24, 2.45) is 0 Å². The number of ether oxygens (including phenoxy) is 2. The van der Waals surface area contributed by atoms with Crippen molar-refractivity contribution in [2.75, 3.05) is 40.9 Å². The van der Waals surface area contributed by atoms with E-state index in [1.807, 2.05) is 18.2 Å². The standard InChI is InChI=1S/C19H30N2O4/c1-6-7-11-20(3)19(23)14-21(15(2)22)12-10-16-8-9-17(24-4)18(13-16)25-5/h8-9,13H,6-7,10-12,14H2,1-5H3. The van der Waals surface area contributed by atoms with E-state index in [2.05, 4.69) is 6.92 Å². The Morgan fingerprint density at radius 2 is 1.76 bits per heavy atom. The summed E-state index contributed by atoms with van der Waals surface area (Å²) in [6.45, 7) is 4.90. The van der Waals surface area contributed by atoms with Gasteiger partial charge in [0, 0.05) is 27.1 Å². The fourth-order valence-corrected chi connectivity index (χ4v) is 2.45. The molecule has 0 unspecified atom stereocenters. The number of carbonyl (C=O) groups is 2. The second kappa shape index (κ2) is 10.6. The highest BCUT2D eigenvalue weighted by Crippen LogP contribution is 2.27. The zero-order valence-corrected chi connectivity index (χ0v) is 16.0. The second-order valence-electron chi connectivity index (χ2n) is 6.05. The number of carbonyl (C=O) groups excluding carboxylic acids is 2. The maximum Gasteiger partial charge on any atom is 0.241 e. The molecule has 0 aromatic heterocycles. The van der Waals surface area contributed by atoms with Crippen molar-refractivity contribution in [2.45, 2.75) is 33.1 Å². The van der Waals surface area contributed by atoms with E-state index in [1.54, 1.807) is 31.1 Å². The van der Waals surface area contributed by atoms with E-state index in [0.29, 0.717) is 24.5 Å². The summed E-state index contributed by atoms with van der Waals surface area (Å²) in [6.07, 6.45) is 2.65. The molecule has 0 saturated heterocycles. The number of methoxy groups -OCH3 is 2. The molecular weight excluding hydrogens is 320 g/mol. The van der Waals surface area contributed by atoms with Gasteiger partial charge >= 0.3 is 0 Å². The molecule has 2 amide bonds. The van der Waals surface area contributed by atoms with Crippen molar-refractivity contribution in [3.63, 3.8) is 0 Å². The van der Waals surface area contributed by atoms with Gasteiger partial charge in [-0.3, -0.25) is 9.59 Å². The summed E-state index contributed by atoms with van der Waals surface area (Å²) in [5.41, 5.74) is 1.02. The molecule has 0 aliphatic heterocycles. The summed E-state index contributed by atoms with van der Waals surface area (Å²) in [5.74, 6) is 1.20. The molecule has 0 radical (unpaired) electrons. The lowest BCUT2D eigenvalue weighted by molar-refractivity contribution is -0.138. The van der Waals surface area contributed by atoms with E-state index in [0.717, 1.165) is 24.9 Å². The number of rotatable bonds is 10. The Morgan fingerprint density at radius 1 is 1.08 bits per heavy atom. The highest BCUT2D eigenvalue weighted by atomic mass is 16.5. The van der Waals surface area contributed by atoms with Crippen molar-refractivity contribution >= 4 is 11.8 Å². The minimum atomic E-state index is -0.0993. The molecule has 0 spiro atoms. The molecule has 0 heterocycles. The van der Waals surface area contributed by atoms with Gasteiger partial charge in [-0.15, -0.1) is 0 Å². The largest absolute Gasteiger partial charge is 0.493 e. The smallest absolute Gasteiger partial charge is 0.241 e. The van der Waals surface area contributed by atoms with Crippen LogP contribution in [0.25, 0.3) is 0 Å². The molecule has 1 rings (SSSR count). The third-order valence-corrected chi connectivity index (χ3v) is 4.16. The first kappa shape index (κ1) is 20.8. The number of hydrogen-bond acceptors (Lipinski definition) is 4. The lowest BCUT2D eigenvalue weighted by Gasteiger charge is -2.24. The Balaban J connectivity index is 2.67. The number of nitrogens with zero attached hydrogens (tertiary/aromatic N) is 2. The molecule has 0 bridgehead atoms. The average Bonchev–Trinajstić information content (AvgIpc) is 2.62. The molecule has 6 heteroatoms. The molecule has 0 fully saturated rings. The van der Waals surface area contributed by atoms with Crippen molar-refractivity contribution in [1.82, 2.24) is 9.80 Å². The van der Waals surface area contributed by atoms with Gasteiger partial charge in [0.15, 0.2) is 11.5 Å². The minimum Gasteiger partial charge on any atom is -0.493 e. The van der Waals surface area contributed by atoms with Gasteiger partial charge in [0.1, 0.15) is 0 Å². The van der Waals surface area contributed by atoms with Crippen LogP contribution < -0.4 is 9.47 Å². The number of amides is 2. The van der Waals surface area contributed by atoms with Crippen LogP contribution in [-0.4, -0.2) is 62.5 Å². The fraction of sp³-hybridized carbons (Fsp3) is 0.579. The van der Waals surface area contributed by atoms with Crippen molar-refractivity contribution in [3.05, 3.63) is 23.8 Å². The number of benzene rings is 1. The number of hydrogen-bond donors (Lipinski definition) is 0. The van der Waals surface area contributed by atoms with Crippen LogP contribution >= 0.6 is 0 Å². The van der Waals surface area contributed by atoms with Crippen LogP contribution in [0.15, 0.2) is 18.2 Å². The molecule has 0 saturated carbocycles. The quantitative estimate of drug-likeness (QED) is 0.650. The van der Waals surface area contributed by atoms with Crippen LogP contribution in [0.1, 0.15) is 32.3 Å². The molecule has 1 aromatic rings. The Kier molecular flexibility index (Phi) is 8.81. The normalized spacial score (nSPS) is 10.3. The summed E-state index contributed by atoms with van der Waals surface area (Å²) < 4.78 is 10.5. The fourth-order valence-electron chi connectivity index (χ4n) is 2.45. The molecule has 25 heavy (non-hydrogen) atoms. The van der Waals surface area contributed by atoms with E-state index in [1.165, 1.54) is 6.92 Å². The van der Waals surface area contributed by atoms with E-state index < -0.39 is 0 Å². The highest BCUT2D eigenvalue weighted by molar-refractivity contribution is 5.83. The zero-order chi connectivity index (χ0) is 18.8. The molecule has 0 aliphatic rings. The van der Waals surface area contributed by atoms with E-state index in [9.17, 15) is 9.59 Å². The van der Waals surface area contributed by atoms with Crippen LogP contribution in [0, 0.1) is 0 Å². The van der Waals surface area contributed by atoms with Gasteiger partial charge < -0.3 is 19.3 Å². The Hall–Kier alpha value is -2.24. The number of likely N-dealkylation sites (N-methyl/N-ethyl adjacent to an activating group) is 1. The predicted octanol–water partition coefficient (Wildman–Crippen LogP) is 2.35. The van der Waals surface area contributed by atoms with E-state index in [-0.39, 0.29) is 18.4 Å². The summed E-state index contributed by atoms with van der Waals surface area (Å²) in [4.78, 5) is 27.4. The van der Waals surface area contributed by atoms with Gasteiger partial charge in [0.25, 0.3) is 0 Å². The first-order valence-electron chi connectivity index (χ1n) is 8.63. The SMILES string of the molecule is CCCCN(C)C(=O)CN(CCc1ccc(OC)c(OC)c1)C(C)=O. The minimum absolute atomic E-state index is 0.0315. The molecule has 1 aromatic carbocycles. The molecule has 140 valence electrons. The van der Waals surface area contributed by atoms with Gasteiger partial charge in [-0.25, -0.2) is 0 Å². The lowest BCUT2D eigenvalue weighted by Crippen LogP contribution is -2.41. The number of unbranched alkanes of at least 4 members (excludes halogenated alkanes) is 1. The Morgan fingerprint density at radius 3 is 2.32 bits per heavy atom. The van der Waals surface area contributed by atoms with Crippen molar-refractivity contribution < 1.29 is 19.1 Å². The summed E-state index contributed by atoms with van der Waals surface area (Å²) in [7, 11) is 4.97. The molecule has 0 atom stereocenters. The monoisotopic (exact) mass is 350 g/mol. The third-order valence-electron chi connectivity index (χ3n) is 4.16. The van der Waals surface area contributed by atoms with Gasteiger partial charge in [-0.05, 0) is 30.5 Å². The molecular formula is C19H30N2O4. The maximum atomic E-state index is 12.3. The second-order valence-corrected chi connectivity index (χ2v) is 6.05. The molecule has 0 N–H and O–H groups in total.